The molecule has 0 radical (unpaired) electrons. The van der Waals surface area contributed by atoms with Crippen LogP contribution in [-0.4, -0.2) is 30.6 Å². The smallest absolute Gasteiger partial charge is 0.0357 e. The van der Waals surface area contributed by atoms with Crippen molar-refractivity contribution in [2.75, 3.05) is 14.1 Å². The molecule has 1 aliphatic carbocycles. The van der Waals surface area contributed by atoms with Crippen LogP contribution in [0.5, 0.6) is 0 Å². The van der Waals surface area contributed by atoms with Crippen LogP contribution >= 0.6 is 0 Å². The van der Waals surface area contributed by atoms with Crippen molar-refractivity contribution in [1.82, 2.24) is 4.90 Å². The molecule has 1 saturated carbocycles. The average molecular weight is 288 g/mol. The first-order valence-electron chi connectivity index (χ1n) is 8.35. The van der Waals surface area contributed by atoms with Crippen molar-refractivity contribution in [2.45, 2.75) is 64.5 Å². The van der Waals surface area contributed by atoms with Gasteiger partial charge in [0.05, 0.1) is 0 Å². The highest BCUT2D eigenvalue weighted by Gasteiger charge is 2.41. The summed E-state index contributed by atoms with van der Waals surface area (Å²) < 4.78 is 0. The second kappa shape index (κ2) is 6.50. The summed E-state index contributed by atoms with van der Waals surface area (Å²) in [7, 11) is 4.42. The van der Waals surface area contributed by atoms with E-state index in [9.17, 15) is 0 Å². The molecule has 1 atom stereocenters. The summed E-state index contributed by atoms with van der Waals surface area (Å²) in [6.07, 6.45) is 6.06. The zero-order valence-corrected chi connectivity index (χ0v) is 14.4. The molecule has 1 fully saturated rings. The molecule has 1 aromatic carbocycles. The van der Waals surface area contributed by atoms with E-state index in [1.54, 1.807) is 0 Å². The first-order chi connectivity index (χ1) is 9.86. The topological polar surface area (TPSA) is 29.3 Å². The third-order valence-corrected chi connectivity index (χ3v) is 5.79. The Balaban J connectivity index is 2.22. The van der Waals surface area contributed by atoms with Crippen molar-refractivity contribution < 1.29 is 0 Å². The first kappa shape index (κ1) is 16.5. The Kier molecular flexibility index (Phi) is 5.11. The van der Waals surface area contributed by atoms with Crippen LogP contribution < -0.4 is 5.73 Å². The van der Waals surface area contributed by atoms with Crippen LogP contribution in [0.3, 0.4) is 0 Å². The normalized spacial score (nSPS) is 27.9. The Morgan fingerprint density at radius 1 is 1.19 bits per heavy atom. The van der Waals surface area contributed by atoms with Crippen molar-refractivity contribution in [3.05, 3.63) is 34.9 Å². The lowest BCUT2D eigenvalue weighted by Gasteiger charge is -2.48. The summed E-state index contributed by atoms with van der Waals surface area (Å²) in [6, 6.07) is 6.77. The Morgan fingerprint density at radius 3 is 2.19 bits per heavy atom. The molecule has 0 aromatic heterocycles. The van der Waals surface area contributed by atoms with Crippen LogP contribution in [-0.2, 0) is 6.42 Å². The molecule has 0 saturated heterocycles. The van der Waals surface area contributed by atoms with E-state index in [0.29, 0.717) is 0 Å². The van der Waals surface area contributed by atoms with Gasteiger partial charge in [-0.1, -0.05) is 25.1 Å². The van der Waals surface area contributed by atoms with Crippen molar-refractivity contribution in [2.24, 2.45) is 11.7 Å². The van der Waals surface area contributed by atoms with E-state index in [-0.39, 0.29) is 11.6 Å². The molecule has 0 spiro atoms. The second-order valence-corrected chi connectivity index (χ2v) is 7.36. The van der Waals surface area contributed by atoms with Crippen molar-refractivity contribution in [3.63, 3.8) is 0 Å². The third-order valence-electron chi connectivity index (χ3n) is 5.79. The Hall–Kier alpha value is -0.860. The zero-order valence-electron chi connectivity index (χ0n) is 14.4. The highest BCUT2D eigenvalue weighted by Crippen LogP contribution is 2.38. The van der Waals surface area contributed by atoms with Gasteiger partial charge < -0.3 is 10.6 Å². The highest BCUT2D eigenvalue weighted by atomic mass is 15.2. The van der Waals surface area contributed by atoms with Gasteiger partial charge in [-0.05, 0) is 82.7 Å². The number of hydrogen-bond donors (Lipinski definition) is 1. The van der Waals surface area contributed by atoms with E-state index in [2.05, 4.69) is 58.0 Å². The second-order valence-electron chi connectivity index (χ2n) is 7.36. The van der Waals surface area contributed by atoms with Gasteiger partial charge in [0, 0.05) is 11.6 Å². The fourth-order valence-corrected chi connectivity index (χ4v) is 3.99. The van der Waals surface area contributed by atoms with E-state index in [0.717, 1.165) is 12.3 Å². The molecular formula is C19H32N2. The summed E-state index contributed by atoms with van der Waals surface area (Å²) >= 11 is 0. The van der Waals surface area contributed by atoms with Gasteiger partial charge in [-0.2, -0.15) is 0 Å². The Morgan fingerprint density at radius 2 is 1.71 bits per heavy atom. The molecule has 0 amide bonds. The third kappa shape index (κ3) is 3.32. The number of likely N-dealkylation sites (N-methyl/N-ethyl adjacent to an activating group) is 1. The maximum Gasteiger partial charge on any atom is 0.0357 e. The van der Waals surface area contributed by atoms with E-state index < -0.39 is 0 Å². The lowest BCUT2D eigenvalue weighted by atomic mass is 9.70. The van der Waals surface area contributed by atoms with Gasteiger partial charge >= 0.3 is 0 Å². The van der Waals surface area contributed by atoms with E-state index in [1.807, 2.05) is 0 Å². The number of hydrogen-bond acceptors (Lipinski definition) is 2. The molecule has 0 aliphatic heterocycles. The van der Waals surface area contributed by atoms with Crippen LogP contribution in [0.2, 0.25) is 0 Å². The van der Waals surface area contributed by atoms with Crippen LogP contribution in [0.4, 0.5) is 0 Å². The SMILES string of the molecule is Cc1cccc(C)c1CC(N)C1(N(C)C)CCC(C)CC1. The minimum Gasteiger partial charge on any atom is -0.326 e. The van der Waals surface area contributed by atoms with Crippen LogP contribution in [0, 0.1) is 19.8 Å². The molecule has 21 heavy (non-hydrogen) atoms. The molecule has 1 aliphatic rings. The van der Waals surface area contributed by atoms with Gasteiger partial charge in [0.25, 0.3) is 0 Å². The van der Waals surface area contributed by atoms with Gasteiger partial charge in [-0.15, -0.1) is 0 Å². The Bertz CT molecular complexity index is 450. The monoisotopic (exact) mass is 288 g/mol. The zero-order chi connectivity index (χ0) is 15.6. The predicted molar refractivity (Wildman–Crippen MR) is 91.6 cm³/mol. The van der Waals surface area contributed by atoms with E-state index in [1.165, 1.54) is 42.4 Å². The quantitative estimate of drug-likeness (QED) is 0.915. The van der Waals surface area contributed by atoms with Gasteiger partial charge in [0.15, 0.2) is 0 Å². The minimum absolute atomic E-state index is 0.168. The van der Waals surface area contributed by atoms with Crippen LogP contribution in [0.15, 0.2) is 18.2 Å². The number of nitrogens with zero attached hydrogens (tertiary/aromatic N) is 1. The molecule has 2 N–H and O–H groups in total. The molecule has 2 heteroatoms. The number of aryl methyl sites for hydroxylation is 2. The largest absolute Gasteiger partial charge is 0.326 e. The van der Waals surface area contributed by atoms with Crippen molar-refractivity contribution in [1.29, 1.82) is 0 Å². The first-order valence-corrected chi connectivity index (χ1v) is 8.35. The summed E-state index contributed by atoms with van der Waals surface area (Å²) in [5, 5.41) is 0. The fourth-order valence-electron chi connectivity index (χ4n) is 3.99. The maximum absolute atomic E-state index is 6.76. The van der Waals surface area contributed by atoms with E-state index in [4.69, 9.17) is 5.73 Å². The molecule has 2 nitrogen and oxygen atoms in total. The molecular weight excluding hydrogens is 256 g/mol. The summed E-state index contributed by atoms with van der Waals surface area (Å²) in [5.41, 5.74) is 11.1. The lowest BCUT2D eigenvalue weighted by molar-refractivity contribution is 0.0567. The standard InChI is InChI=1S/C19H32N2/c1-14-9-11-19(12-10-14,21(4)5)18(20)13-17-15(2)7-6-8-16(17)3/h6-8,14,18H,9-13,20H2,1-5H3. The number of rotatable bonds is 4. The Labute approximate surface area is 130 Å². The molecule has 118 valence electrons. The minimum atomic E-state index is 0.168. The molecule has 2 rings (SSSR count). The van der Waals surface area contributed by atoms with E-state index >= 15 is 0 Å². The summed E-state index contributed by atoms with van der Waals surface area (Å²) in [5.74, 6) is 0.852. The van der Waals surface area contributed by atoms with Crippen LogP contribution in [0.1, 0.15) is 49.3 Å². The van der Waals surface area contributed by atoms with Gasteiger partial charge in [0.1, 0.15) is 0 Å². The van der Waals surface area contributed by atoms with Gasteiger partial charge in [-0.25, -0.2) is 0 Å². The average Bonchev–Trinajstić information content (AvgIpc) is 2.43. The molecule has 1 aromatic rings. The fraction of sp³-hybridized carbons (Fsp3) is 0.684. The number of benzene rings is 1. The highest BCUT2D eigenvalue weighted by molar-refractivity contribution is 5.34. The van der Waals surface area contributed by atoms with Gasteiger partial charge in [0.2, 0.25) is 0 Å². The molecule has 0 bridgehead atoms. The maximum atomic E-state index is 6.76. The predicted octanol–water partition coefficient (Wildman–Crippen LogP) is 3.68. The van der Waals surface area contributed by atoms with Crippen LogP contribution in [0.25, 0.3) is 0 Å². The number of nitrogens with two attached hydrogens (primary N) is 1. The lowest BCUT2D eigenvalue weighted by Crippen LogP contribution is -2.59. The summed E-state index contributed by atoms with van der Waals surface area (Å²) in [4.78, 5) is 2.40. The van der Waals surface area contributed by atoms with Crippen molar-refractivity contribution in [3.8, 4) is 0 Å². The molecule has 1 unspecified atom stereocenters. The summed E-state index contributed by atoms with van der Waals surface area (Å²) in [6.45, 7) is 6.79. The molecule has 0 heterocycles. The van der Waals surface area contributed by atoms with Gasteiger partial charge in [-0.3, -0.25) is 0 Å². The van der Waals surface area contributed by atoms with Crippen molar-refractivity contribution >= 4 is 0 Å².